The van der Waals surface area contributed by atoms with Crippen molar-refractivity contribution in [3.8, 4) is 0 Å². The summed E-state index contributed by atoms with van der Waals surface area (Å²) in [6.07, 6.45) is 4.98. The van der Waals surface area contributed by atoms with Crippen LogP contribution in [-0.4, -0.2) is 57.3 Å². The van der Waals surface area contributed by atoms with Crippen molar-refractivity contribution >= 4 is 15.9 Å². The summed E-state index contributed by atoms with van der Waals surface area (Å²) < 4.78 is 10.4. The average Bonchev–Trinajstić information content (AvgIpc) is 2.41. The molecule has 0 unspecified atom stereocenters. The molecular formula is C14H28BrNO2. The summed E-state index contributed by atoms with van der Waals surface area (Å²) in [5.74, 6) is 1.76. The molecule has 4 heteroatoms. The van der Waals surface area contributed by atoms with Crippen LogP contribution in [0.1, 0.15) is 25.7 Å². The van der Waals surface area contributed by atoms with Gasteiger partial charge in [0, 0.05) is 38.3 Å². The zero-order valence-corrected chi connectivity index (χ0v) is 13.5. The Balaban J connectivity index is 0.000000184. The standard InChI is InChI=1S/C8H17NO.C6H11BrO/c1-9(2)7-8-3-5-10-6-4-8;7-5-6-1-3-8-4-2-6/h8H,3-7H2,1-2H3;6H,1-5H2. The summed E-state index contributed by atoms with van der Waals surface area (Å²) in [6, 6.07) is 0. The Bertz CT molecular complexity index is 190. The second-order valence-electron chi connectivity index (χ2n) is 5.53. The molecule has 108 valence electrons. The first-order valence-electron chi connectivity index (χ1n) is 7.08. The Hall–Kier alpha value is 0.360. The second-order valence-corrected chi connectivity index (χ2v) is 6.18. The molecule has 0 aromatic heterocycles. The zero-order chi connectivity index (χ0) is 13.2. The Morgan fingerprint density at radius 2 is 1.33 bits per heavy atom. The number of rotatable bonds is 3. The van der Waals surface area contributed by atoms with Gasteiger partial charge in [-0.1, -0.05) is 15.9 Å². The molecule has 2 fully saturated rings. The Kier molecular flexibility index (Phi) is 9.29. The van der Waals surface area contributed by atoms with Gasteiger partial charge < -0.3 is 14.4 Å². The van der Waals surface area contributed by atoms with E-state index < -0.39 is 0 Å². The summed E-state index contributed by atoms with van der Waals surface area (Å²) in [5, 5.41) is 1.15. The molecule has 18 heavy (non-hydrogen) atoms. The summed E-state index contributed by atoms with van der Waals surface area (Å²) in [5.41, 5.74) is 0. The highest BCUT2D eigenvalue weighted by atomic mass is 79.9. The summed E-state index contributed by atoms with van der Waals surface area (Å²) in [6.45, 7) is 5.10. The summed E-state index contributed by atoms with van der Waals surface area (Å²) >= 11 is 3.46. The van der Waals surface area contributed by atoms with Crippen molar-refractivity contribution < 1.29 is 9.47 Å². The smallest absolute Gasteiger partial charge is 0.0469 e. The highest BCUT2D eigenvalue weighted by Gasteiger charge is 2.13. The van der Waals surface area contributed by atoms with E-state index in [9.17, 15) is 0 Å². The van der Waals surface area contributed by atoms with Crippen LogP contribution in [0.2, 0.25) is 0 Å². The Labute approximate surface area is 120 Å². The monoisotopic (exact) mass is 321 g/mol. The van der Waals surface area contributed by atoms with E-state index in [2.05, 4.69) is 34.9 Å². The minimum atomic E-state index is 0.878. The van der Waals surface area contributed by atoms with E-state index in [0.29, 0.717) is 0 Å². The molecule has 2 rings (SSSR count). The quantitative estimate of drug-likeness (QED) is 0.746. The van der Waals surface area contributed by atoms with Gasteiger partial charge in [0.15, 0.2) is 0 Å². The number of hydrogen-bond acceptors (Lipinski definition) is 3. The van der Waals surface area contributed by atoms with Crippen molar-refractivity contribution in [3.63, 3.8) is 0 Å². The van der Waals surface area contributed by atoms with Crippen LogP contribution in [0.4, 0.5) is 0 Å². The molecule has 0 radical (unpaired) electrons. The lowest BCUT2D eigenvalue weighted by molar-refractivity contribution is 0.0582. The van der Waals surface area contributed by atoms with Crippen LogP contribution >= 0.6 is 15.9 Å². The largest absolute Gasteiger partial charge is 0.381 e. The number of nitrogens with zero attached hydrogens (tertiary/aromatic N) is 1. The van der Waals surface area contributed by atoms with Crippen molar-refractivity contribution in [1.82, 2.24) is 4.90 Å². The highest BCUT2D eigenvalue weighted by molar-refractivity contribution is 9.09. The third-order valence-electron chi connectivity index (χ3n) is 3.52. The van der Waals surface area contributed by atoms with Gasteiger partial charge in [-0.25, -0.2) is 0 Å². The topological polar surface area (TPSA) is 21.7 Å². The molecule has 0 aromatic rings. The molecule has 0 saturated carbocycles. The van der Waals surface area contributed by atoms with Gasteiger partial charge >= 0.3 is 0 Å². The van der Waals surface area contributed by atoms with Gasteiger partial charge in [-0.05, 0) is 51.6 Å². The number of hydrogen-bond donors (Lipinski definition) is 0. The van der Waals surface area contributed by atoms with Crippen molar-refractivity contribution in [3.05, 3.63) is 0 Å². The van der Waals surface area contributed by atoms with Gasteiger partial charge in [-0.3, -0.25) is 0 Å². The third-order valence-corrected chi connectivity index (χ3v) is 4.44. The SMILES string of the molecule is BrCC1CCOCC1.CN(C)CC1CCOCC1. The molecule has 0 amide bonds. The van der Waals surface area contributed by atoms with Gasteiger partial charge in [-0.15, -0.1) is 0 Å². The Morgan fingerprint density at radius 3 is 1.67 bits per heavy atom. The molecule has 0 aliphatic carbocycles. The predicted octanol–water partition coefficient (Wildman–Crippen LogP) is 2.78. The second kappa shape index (κ2) is 10.2. The van der Waals surface area contributed by atoms with Gasteiger partial charge in [0.1, 0.15) is 0 Å². The average molecular weight is 322 g/mol. The fraction of sp³-hybridized carbons (Fsp3) is 1.00. The molecule has 0 N–H and O–H groups in total. The van der Waals surface area contributed by atoms with E-state index in [4.69, 9.17) is 9.47 Å². The summed E-state index contributed by atoms with van der Waals surface area (Å²) in [4.78, 5) is 2.26. The first-order valence-corrected chi connectivity index (χ1v) is 8.20. The molecule has 0 bridgehead atoms. The molecule has 0 atom stereocenters. The van der Waals surface area contributed by atoms with E-state index >= 15 is 0 Å². The van der Waals surface area contributed by atoms with Crippen LogP contribution in [-0.2, 0) is 9.47 Å². The van der Waals surface area contributed by atoms with E-state index in [0.717, 1.165) is 43.6 Å². The molecule has 2 aliphatic rings. The molecule has 0 aromatic carbocycles. The maximum Gasteiger partial charge on any atom is 0.0469 e. The van der Waals surface area contributed by atoms with Crippen molar-refractivity contribution in [2.24, 2.45) is 11.8 Å². The normalized spacial score (nSPS) is 22.7. The molecule has 3 nitrogen and oxygen atoms in total. The number of alkyl halides is 1. The molecule has 2 heterocycles. The van der Waals surface area contributed by atoms with Crippen LogP contribution in [0.15, 0.2) is 0 Å². The summed E-state index contributed by atoms with van der Waals surface area (Å²) in [7, 11) is 4.27. The van der Waals surface area contributed by atoms with Gasteiger partial charge in [-0.2, -0.15) is 0 Å². The first-order chi connectivity index (χ1) is 8.72. The van der Waals surface area contributed by atoms with Gasteiger partial charge in [0.05, 0.1) is 0 Å². The van der Waals surface area contributed by atoms with Gasteiger partial charge in [0.2, 0.25) is 0 Å². The molecular weight excluding hydrogens is 294 g/mol. The van der Waals surface area contributed by atoms with E-state index in [1.807, 2.05) is 0 Å². The number of halogens is 1. The van der Waals surface area contributed by atoms with E-state index in [-0.39, 0.29) is 0 Å². The highest BCUT2D eigenvalue weighted by Crippen LogP contribution is 2.16. The zero-order valence-electron chi connectivity index (χ0n) is 11.9. The molecule has 2 saturated heterocycles. The van der Waals surface area contributed by atoms with Crippen LogP contribution in [0.25, 0.3) is 0 Å². The lowest BCUT2D eigenvalue weighted by Crippen LogP contribution is -2.26. The molecule has 2 aliphatic heterocycles. The maximum absolute atomic E-state index is 5.26. The fourth-order valence-electron chi connectivity index (χ4n) is 2.35. The Morgan fingerprint density at radius 1 is 0.889 bits per heavy atom. The van der Waals surface area contributed by atoms with E-state index in [1.54, 1.807) is 0 Å². The van der Waals surface area contributed by atoms with Crippen LogP contribution in [0, 0.1) is 11.8 Å². The first kappa shape index (κ1) is 16.4. The van der Waals surface area contributed by atoms with Crippen molar-refractivity contribution in [2.45, 2.75) is 25.7 Å². The minimum Gasteiger partial charge on any atom is -0.381 e. The fourth-order valence-corrected chi connectivity index (χ4v) is 2.99. The van der Waals surface area contributed by atoms with Crippen molar-refractivity contribution in [1.29, 1.82) is 0 Å². The minimum absolute atomic E-state index is 0.878. The van der Waals surface area contributed by atoms with Crippen molar-refractivity contribution in [2.75, 3.05) is 52.4 Å². The van der Waals surface area contributed by atoms with Crippen LogP contribution in [0.5, 0.6) is 0 Å². The lowest BCUT2D eigenvalue weighted by atomic mass is 10.0. The van der Waals surface area contributed by atoms with Gasteiger partial charge in [0.25, 0.3) is 0 Å². The van der Waals surface area contributed by atoms with Crippen LogP contribution < -0.4 is 0 Å². The predicted molar refractivity (Wildman–Crippen MR) is 79.4 cm³/mol. The van der Waals surface area contributed by atoms with Crippen LogP contribution in [0.3, 0.4) is 0 Å². The molecule has 0 spiro atoms. The number of ether oxygens (including phenoxy) is 2. The maximum atomic E-state index is 5.26. The third kappa shape index (κ3) is 7.72. The van der Waals surface area contributed by atoms with E-state index in [1.165, 1.54) is 32.2 Å². The lowest BCUT2D eigenvalue weighted by Gasteiger charge is -2.24.